The van der Waals surface area contributed by atoms with Gasteiger partial charge in [0, 0.05) is 5.69 Å². The number of Topliss-reactive ketones (excluding diaryl/α,β-unsaturated/α-hetero) is 1. The monoisotopic (exact) mass is 423 g/mol. The molecule has 0 saturated carbocycles. The maximum atomic E-state index is 13.9. The quantitative estimate of drug-likeness (QED) is 0.378. The summed E-state index contributed by atoms with van der Waals surface area (Å²) in [4.78, 5) is 27.1. The van der Waals surface area contributed by atoms with Gasteiger partial charge in [0.1, 0.15) is 40.4 Å². The van der Waals surface area contributed by atoms with Crippen molar-refractivity contribution < 1.29 is 33.0 Å². The van der Waals surface area contributed by atoms with Crippen LogP contribution in [0.25, 0.3) is 5.76 Å². The van der Waals surface area contributed by atoms with Crippen molar-refractivity contribution in [3.05, 3.63) is 83.6 Å². The van der Waals surface area contributed by atoms with Crippen molar-refractivity contribution in [2.75, 3.05) is 19.1 Å². The van der Waals surface area contributed by atoms with Gasteiger partial charge in [-0.1, -0.05) is 12.1 Å². The third kappa shape index (κ3) is 3.31. The van der Waals surface area contributed by atoms with Crippen LogP contribution in [-0.2, 0) is 9.59 Å². The number of halogens is 1. The van der Waals surface area contributed by atoms with Crippen LogP contribution in [0.4, 0.5) is 10.1 Å². The topological polar surface area (TPSA) is 89.2 Å². The summed E-state index contributed by atoms with van der Waals surface area (Å²) in [7, 11) is 2.81. The van der Waals surface area contributed by atoms with Gasteiger partial charge in [0.15, 0.2) is 0 Å². The average Bonchev–Trinajstić information content (AvgIpc) is 3.39. The van der Waals surface area contributed by atoms with E-state index < -0.39 is 29.3 Å². The van der Waals surface area contributed by atoms with Crippen LogP contribution in [-0.4, -0.2) is 31.0 Å². The zero-order chi connectivity index (χ0) is 22.1. The number of rotatable bonds is 5. The highest BCUT2D eigenvalue weighted by molar-refractivity contribution is 6.51. The van der Waals surface area contributed by atoms with E-state index in [2.05, 4.69) is 0 Å². The van der Waals surface area contributed by atoms with E-state index in [0.717, 1.165) is 11.0 Å². The molecule has 0 spiro atoms. The predicted octanol–water partition coefficient (Wildman–Crippen LogP) is 4.06. The first-order chi connectivity index (χ1) is 15.0. The minimum atomic E-state index is -1.12. The summed E-state index contributed by atoms with van der Waals surface area (Å²) in [5.74, 6) is -2.24. The van der Waals surface area contributed by atoms with Crippen molar-refractivity contribution in [2.45, 2.75) is 6.04 Å². The molecule has 7 nitrogen and oxygen atoms in total. The lowest BCUT2D eigenvalue weighted by Gasteiger charge is -2.23. The number of carbonyl (C=O) groups excluding carboxylic acids is 2. The van der Waals surface area contributed by atoms with Crippen LogP contribution < -0.4 is 14.4 Å². The zero-order valence-corrected chi connectivity index (χ0v) is 16.7. The summed E-state index contributed by atoms with van der Waals surface area (Å²) in [6.07, 6.45) is 1.38. The molecule has 31 heavy (non-hydrogen) atoms. The first-order valence-electron chi connectivity index (χ1n) is 9.29. The van der Waals surface area contributed by atoms with E-state index in [1.54, 1.807) is 30.3 Å². The van der Waals surface area contributed by atoms with E-state index in [-0.39, 0.29) is 34.1 Å². The molecule has 4 rings (SSSR count). The summed E-state index contributed by atoms with van der Waals surface area (Å²) in [6.45, 7) is 0. The Labute approximate surface area is 176 Å². The van der Waals surface area contributed by atoms with Crippen molar-refractivity contribution in [3.63, 3.8) is 0 Å². The highest BCUT2D eigenvalue weighted by atomic mass is 19.1. The molecule has 1 saturated heterocycles. The van der Waals surface area contributed by atoms with Crippen molar-refractivity contribution in [3.8, 4) is 11.5 Å². The first kappa shape index (κ1) is 20.2. The second kappa shape index (κ2) is 7.98. The smallest absolute Gasteiger partial charge is 0.300 e. The van der Waals surface area contributed by atoms with E-state index in [9.17, 15) is 19.1 Å². The Balaban J connectivity index is 1.99. The van der Waals surface area contributed by atoms with Crippen molar-refractivity contribution in [2.24, 2.45) is 0 Å². The lowest BCUT2D eigenvalue weighted by atomic mass is 9.98. The van der Waals surface area contributed by atoms with Crippen LogP contribution in [0.15, 0.2) is 70.9 Å². The fourth-order valence-electron chi connectivity index (χ4n) is 3.66. The number of benzene rings is 2. The number of ketones is 1. The maximum Gasteiger partial charge on any atom is 0.300 e. The number of furan rings is 1. The minimum absolute atomic E-state index is 0.112. The van der Waals surface area contributed by atoms with Crippen LogP contribution in [0.5, 0.6) is 11.5 Å². The third-order valence-electron chi connectivity index (χ3n) is 5.01. The Kier molecular flexibility index (Phi) is 5.21. The van der Waals surface area contributed by atoms with E-state index >= 15 is 0 Å². The van der Waals surface area contributed by atoms with Gasteiger partial charge in [-0.3, -0.25) is 14.5 Å². The molecule has 158 valence electrons. The number of ether oxygens (including phenoxy) is 2. The highest BCUT2D eigenvalue weighted by Gasteiger charge is 2.48. The summed E-state index contributed by atoms with van der Waals surface area (Å²) in [6, 6.07) is 12.1. The number of amides is 1. The molecule has 0 aliphatic carbocycles. The lowest BCUT2D eigenvalue weighted by Crippen LogP contribution is -2.29. The first-order valence-corrected chi connectivity index (χ1v) is 9.29. The molecule has 1 aromatic heterocycles. The van der Waals surface area contributed by atoms with Crippen LogP contribution in [0.2, 0.25) is 0 Å². The molecule has 1 N–H and O–H groups in total. The van der Waals surface area contributed by atoms with Crippen molar-refractivity contribution in [1.82, 2.24) is 0 Å². The van der Waals surface area contributed by atoms with Crippen molar-refractivity contribution >= 4 is 23.1 Å². The Hall–Kier alpha value is -4.07. The van der Waals surface area contributed by atoms with E-state index in [1.165, 1.54) is 38.7 Å². The molecule has 8 heteroatoms. The van der Waals surface area contributed by atoms with Gasteiger partial charge in [-0.25, -0.2) is 4.39 Å². The molecular formula is C23H18FNO6. The maximum absolute atomic E-state index is 13.9. The van der Waals surface area contributed by atoms with Crippen LogP contribution in [0, 0.1) is 5.82 Å². The van der Waals surface area contributed by atoms with E-state index in [4.69, 9.17) is 13.9 Å². The molecule has 2 heterocycles. The lowest BCUT2D eigenvalue weighted by molar-refractivity contribution is -0.132. The van der Waals surface area contributed by atoms with Crippen LogP contribution in [0.1, 0.15) is 17.4 Å². The van der Waals surface area contributed by atoms with Gasteiger partial charge in [0.05, 0.1) is 26.1 Å². The summed E-state index contributed by atoms with van der Waals surface area (Å²) >= 11 is 0. The number of carbonyl (C=O) groups is 2. The number of methoxy groups -OCH3 is 2. The standard InChI is InChI=1S/C23H18FNO6/c1-29-15-8-4-9-16(30-2)18(15)21(26)19-20(17-10-5-11-31-17)25(23(28)22(19)27)14-7-3-6-13(24)12-14/h3-12,20,26H,1-2H3/b21-19+. The van der Waals surface area contributed by atoms with E-state index in [1.807, 2.05) is 0 Å². The largest absolute Gasteiger partial charge is 0.506 e. The molecule has 1 unspecified atom stereocenters. The molecule has 2 aromatic carbocycles. The fourth-order valence-corrected chi connectivity index (χ4v) is 3.66. The van der Waals surface area contributed by atoms with Gasteiger partial charge in [-0.05, 0) is 42.5 Å². The van der Waals surface area contributed by atoms with Gasteiger partial charge < -0.3 is 19.0 Å². The average molecular weight is 423 g/mol. The van der Waals surface area contributed by atoms with Crippen LogP contribution >= 0.6 is 0 Å². The number of hydrogen-bond donors (Lipinski definition) is 1. The van der Waals surface area contributed by atoms with Gasteiger partial charge in [-0.2, -0.15) is 0 Å². The van der Waals surface area contributed by atoms with Gasteiger partial charge in [0.2, 0.25) is 0 Å². The normalized spacial score (nSPS) is 17.8. The number of hydrogen-bond acceptors (Lipinski definition) is 6. The SMILES string of the molecule is COc1cccc(OC)c1/C(O)=C1\C(=O)C(=O)N(c2cccc(F)c2)C1c1ccco1. The second-order valence-electron chi connectivity index (χ2n) is 6.70. The number of aliphatic hydroxyl groups is 1. The minimum Gasteiger partial charge on any atom is -0.506 e. The molecule has 0 bridgehead atoms. The fraction of sp³-hybridized carbons (Fsp3) is 0.130. The van der Waals surface area contributed by atoms with Crippen LogP contribution in [0.3, 0.4) is 0 Å². The number of aliphatic hydroxyl groups excluding tert-OH is 1. The number of nitrogens with zero attached hydrogens (tertiary/aromatic N) is 1. The van der Waals surface area contributed by atoms with Gasteiger partial charge in [-0.15, -0.1) is 0 Å². The zero-order valence-electron chi connectivity index (χ0n) is 16.7. The molecule has 1 aliphatic rings. The summed E-state index contributed by atoms with van der Waals surface area (Å²) in [5, 5.41) is 11.2. The molecule has 3 aromatic rings. The molecule has 1 aliphatic heterocycles. The summed E-state index contributed by atoms with van der Waals surface area (Å²) < 4.78 is 30.0. The third-order valence-corrected chi connectivity index (χ3v) is 5.01. The van der Waals surface area contributed by atoms with E-state index in [0.29, 0.717) is 0 Å². The Morgan fingerprint density at radius 2 is 1.71 bits per heavy atom. The molecule has 1 amide bonds. The summed E-state index contributed by atoms with van der Waals surface area (Å²) in [5.41, 5.74) is 0.0304. The second-order valence-corrected chi connectivity index (χ2v) is 6.70. The Bertz CT molecular complexity index is 1160. The van der Waals surface area contributed by atoms with Gasteiger partial charge in [0.25, 0.3) is 11.7 Å². The Morgan fingerprint density at radius 1 is 1.03 bits per heavy atom. The highest BCUT2D eigenvalue weighted by Crippen LogP contribution is 2.45. The number of anilines is 1. The molecule has 1 fully saturated rings. The molecule has 1 atom stereocenters. The molecular weight excluding hydrogens is 405 g/mol. The Morgan fingerprint density at radius 3 is 2.29 bits per heavy atom. The van der Waals surface area contributed by atoms with Gasteiger partial charge >= 0.3 is 0 Å². The predicted molar refractivity (Wildman–Crippen MR) is 109 cm³/mol. The molecule has 0 radical (unpaired) electrons. The van der Waals surface area contributed by atoms with Crippen molar-refractivity contribution in [1.29, 1.82) is 0 Å².